The maximum Gasteiger partial charge on any atom is 0.410 e. The highest BCUT2D eigenvalue weighted by molar-refractivity contribution is 5.85. The lowest BCUT2D eigenvalue weighted by molar-refractivity contribution is -0.136. The molecule has 0 spiro atoms. The van der Waals surface area contributed by atoms with Gasteiger partial charge in [0.2, 0.25) is 0 Å². The van der Waals surface area contributed by atoms with Crippen LogP contribution in [-0.4, -0.2) is 46.4 Å². The average Bonchev–Trinajstić information content (AvgIpc) is 2.77. The standard InChI is InChI=1S/C24H24N2O4/c27-23(30-14-17-5-2-1-3-6-17)26-19-11-24(28,12-20(26)16-29-15-19)22-8-4-7-18-13-25-10-9-21(18)22/h1-10,13,19-20,28H,11-12,14-16H2. The van der Waals surface area contributed by atoms with Crippen LogP contribution in [0.2, 0.25) is 0 Å². The van der Waals surface area contributed by atoms with E-state index in [1.165, 1.54) is 0 Å². The molecule has 154 valence electrons. The van der Waals surface area contributed by atoms with Crippen LogP contribution in [-0.2, 0) is 21.7 Å². The number of benzene rings is 2. The number of nitrogens with zero attached hydrogens (tertiary/aromatic N) is 2. The minimum atomic E-state index is -1.03. The summed E-state index contributed by atoms with van der Waals surface area (Å²) in [4.78, 5) is 18.9. The smallest absolute Gasteiger partial charge is 0.410 e. The van der Waals surface area contributed by atoms with Gasteiger partial charge in [-0.3, -0.25) is 9.88 Å². The van der Waals surface area contributed by atoms with Crippen molar-refractivity contribution in [2.24, 2.45) is 0 Å². The van der Waals surface area contributed by atoms with Crippen molar-refractivity contribution in [2.45, 2.75) is 37.1 Å². The van der Waals surface area contributed by atoms with Gasteiger partial charge in [0.05, 0.1) is 30.9 Å². The normalized spacial score (nSPS) is 25.8. The van der Waals surface area contributed by atoms with Gasteiger partial charge in [0.15, 0.2) is 0 Å². The fourth-order valence-electron chi connectivity index (χ4n) is 4.82. The third-order valence-corrected chi connectivity index (χ3v) is 6.15. The van der Waals surface area contributed by atoms with Crippen LogP contribution in [0.1, 0.15) is 24.0 Å². The maximum atomic E-state index is 12.9. The van der Waals surface area contributed by atoms with Gasteiger partial charge in [0.25, 0.3) is 0 Å². The van der Waals surface area contributed by atoms with Gasteiger partial charge in [0.1, 0.15) is 6.61 Å². The van der Waals surface area contributed by atoms with E-state index < -0.39 is 5.60 Å². The summed E-state index contributed by atoms with van der Waals surface area (Å²) in [6, 6.07) is 17.0. The van der Waals surface area contributed by atoms with Crippen LogP contribution in [0.5, 0.6) is 0 Å². The molecule has 0 aliphatic carbocycles. The second-order valence-corrected chi connectivity index (χ2v) is 8.13. The summed E-state index contributed by atoms with van der Waals surface area (Å²) in [6.07, 6.45) is 4.02. The fraction of sp³-hybridized carbons (Fsp3) is 0.333. The molecule has 2 unspecified atom stereocenters. The van der Waals surface area contributed by atoms with Crippen molar-refractivity contribution in [2.75, 3.05) is 13.2 Å². The topological polar surface area (TPSA) is 71.9 Å². The Bertz CT molecular complexity index is 1040. The molecule has 3 heterocycles. The first-order valence-corrected chi connectivity index (χ1v) is 10.3. The van der Waals surface area contributed by atoms with Crippen molar-refractivity contribution in [3.8, 4) is 0 Å². The number of fused-ring (bicyclic) bond motifs is 3. The maximum absolute atomic E-state index is 12.9. The van der Waals surface area contributed by atoms with Crippen LogP contribution in [0.3, 0.4) is 0 Å². The largest absolute Gasteiger partial charge is 0.445 e. The Hall–Kier alpha value is -2.96. The van der Waals surface area contributed by atoms with Gasteiger partial charge in [-0.15, -0.1) is 0 Å². The van der Waals surface area contributed by atoms with Gasteiger partial charge in [-0.1, -0.05) is 48.5 Å². The molecule has 2 atom stereocenters. The number of rotatable bonds is 3. The van der Waals surface area contributed by atoms with Crippen molar-refractivity contribution < 1.29 is 19.4 Å². The van der Waals surface area contributed by atoms with E-state index >= 15 is 0 Å². The summed E-state index contributed by atoms with van der Waals surface area (Å²) in [5, 5.41) is 13.7. The molecule has 1 aromatic heterocycles. The first-order chi connectivity index (χ1) is 14.6. The summed E-state index contributed by atoms with van der Waals surface area (Å²) in [5.41, 5.74) is 0.803. The van der Waals surface area contributed by atoms with Gasteiger partial charge in [-0.05, 0) is 22.6 Å². The van der Waals surface area contributed by atoms with Crippen LogP contribution >= 0.6 is 0 Å². The molecular formula is C24H24N2O4. The van der Waals surface area contributed by atoms with E-state index in [0.717, 1.165) is 21.9 Å². The Morgan fingerprint density at radius 2 is 1.87 bits per heavy atom. The zero-order chi connectivity index (χ0) is 20.6. The van der Waals surface area contributed by atoms with Crippen LogP contribution in [0, 0.1) is 0 Å². The van der Waals surface area contributed by atoms with Gasteiger partial charge in [-0.25, -0.2) is 4.79 Å². The van der Waals surface area contributed by atoms with Crippen molar-refractivity contribution in [3.05, 3.63) is 78.1 Å². The highest BCUT2D eigenvalue weighted by atomic mass is 16.6. The molecule has 6 heteroatoms. The Morgan fingerprint density at radius 1 is 1.10 bits per heavy atom. The number of piperidine rings is 1. The van der Waals surface area contributed by atoms with E-state index in [1.807, 2.05) is 60.8 Å². The number of carbonyl (C=O) groups is 1. The van der Waals surface area contributed by atoms with Gasteiger partial charge < -0.3 is 14.6 Å². The van der Waals surface area contributed by atoms with E-state index in [1.54, 1.807) is 11.1 Å². The zero-order valence-corrected chi connectivity index (χ0v) is 16.6. The van der Waals surface area contributed by atoms with Crippen LogP contribution in [0.15, 0.2) is 67.0 Å². The number of aliphatic hydroxyl groups is 1. The molecule has 3 aromatic rings. The monoisotopic (exact) mass is 404 g/mol. The molecule has 1 amide bonds. The summed E-state index contributed by atoms with van der Waals surface area (Å²) < 4.78 is 11.3. The second-order valence-electron chi connectivity index (χ2n) is 8.13. The van der Waals surface area contributed by atoms with Gasteiger partial charge in [0, 0.05) is 30.6 Å². The molecule has 0 saturated carbocycles. The molecular weight excluding hydrogens is 380 g/mol. The number of hydrogen-bond acceptors (Lipinski definition) is 5. The minimum Gasteiger partial charge on any atom is -0.445 e. The lowest BCUT2D eigenvalue weighted by Crippen LogP contribution is -2.62. The first-order valence-electron chi connectivity index (χ1n) is 10.3. The summed E-state index contributed by atoms with van der Waals surface area (Å²) >= 11 is 0. The van der Waals surface area contributed by atoms with E-state index in [2.05, 4.69) is 4.98 Å². The third kappa shape index (κ3) is 3.42. The summed E-state index contributed by atoms with van der Waals surface area (Å²) in [5.74, 6) is 0. The van der Waals surface area contributed by atoms with E-state index in [9.17, 15) is 9.90 Å². The fourth-order valence-corrected chi connectivity index (χ4v) is 4.82. The Labute approximate surface area is 175 Å². The second kappa shape index (κ2) is 7.70. The first kappa shape index (κ1) is 19.0. The lowest BCUT2D eigenvalue weighted by Gasteiger charge is -2.51. The van der Waals surface area contributed by atoms with Crippen molar-refractivity contribution in [3.63, 3.8) is 0 Å². The zero-order valence-electron chi connectivity index (χ0n) is 16.6. The number of amides is 1. The van der Waals surface area contributed by atoms with Gasteiger partial charge >= 0.3 is 6.09 Å². The van der Waals surface area contributed by atoms with E-state index in [0.29, 0.717) is 26.1 Å². The molecule has 2 fully saturated rings. The molecule has 6 nitrogen and oxygen atoms in total. The number of carbonyl (C=O) groups excluding carboxylic acids is 1. The van der Waals surface area contributed by atoms with E-state index in [-0.39, 0.29) is 24.8 Å². The predicted molar refractivity (Wildman–Crippen MR) is 112 cm³/mol. The molecule has 0 radical (unpaired) electrons. The SMILES string of the molecule is O=C(OCc1ccccc1)N1C2COCC1CC(O)(c1cccc3cnccc13)C2. The van der Waals surface area contributed by atoms with Gasteiger partial charge in [-0.2, -0.15) is 0 Å². The molecule has 2 aliphatic rings. The highest BCUT2D eigenvalue weighted by Crippen LogP contribution is 2.43. The Balaban J connectivity index is 1.38. The number of hydrogen-bond donors (Lipinski definition) is 1. The number of aromatic nitrogens is 1. The molecule has 2 aliphatic heterocycles. The Morgan fingerprint density at radius 3 is 2.63 bits per heavy atom. The van der Waals surface area contributed by atoms with Crippen LogP contribution in [0.4, 0.5) is 4.79 Å². The van der Waals surface area contributed by atoms with Crippen molar-refractivity contribution >= 4 is 16.9 Å². The predicted octanol–water partition coefficient (Wildman–Crippen LogP) is 3.62. The lowest BCUT2D eigenvalue weighted by atomic mass is 9.75. The number of morpholine rings is 1. The van der Waals surface area contributed by atoms with E-state index in [4.69, 9.17) is 9.47 Å². The quantitative estimate of drug-likeness (QED) is 0.722. The number of pyridine rings is 1. The number of ether oxygens (including phenoxy) is 2. The Kier molecular flexibility index (Phi) is 4.89. The highest BCUT2D eigenvalue weighted by Gasteiger charge is 2.49. The molecule has 1 N–H and O–H groups in total. The van der Waals surface area contributed by atoms with Crippen LogP contribution in [0.25, 0.3) is 10.8 Å². The van der Waals surface area contributed by atoms with Crippen molar-refractivity contribution in [1.82, 2.24) is 9.88 Å². The van der Waals surface area contributed by atoms with Crippen molar-refractivity contribution in [1.29, 1.82) is 0 Å². The molecule has 5 rings (SSSR count). The molecule has 30 heavy (non-hydrogen) atoms. The molecule has 2 bridgehead atoms. The summed E-state index contributed by atoms with van der Waals surface area (Å²) in [7, 11) is 0. The minimum absolute atomic E-state index is 0.233. The average molecular weight is 404 g/mol. The molecule has 2 aromatic carbocycles. The molecule has 2 saturated heterocycles. The van der Waals surface area contributed by atoms with Crippen LogP contribution < -0.4 is 0 Å². The summed E-state index contributed by atoms with van der Waals surface area (Å²) in [6.45, 7) is 1.02. The third-order valence-electron chi connectivity index (χ3n) is 6.15.